The standard InChI is InChI=1S/C14H23NO7/c1-10(9-12(16)17)14(19)22-11(2)13(18)15(5-7-20-3)6-8-21-4/h9,11H,5-8H2,1-4H3,(H,16,17). The van der Waals surface area contributed by atoms with Gasteiger partial charge in [0.25, 0.3) is 5.91 Å². The second kappa shape index (κ2) is 10.7. The first kappa shape index (κ1) is 20.1. The van der Waals surface area contributed by atoms with Gasteiger partial charge >= 0.3 is 11.9 Å². The van der Waals surface area contributed by atoms with Crippen LogP contribution >= 0.6 is 0 Å². The van der Waals surface area contributed by atoms with E-state index in [1.807, 2.05) is 0 Å². The van der Waals surface area contributed by atoms with Crippen LogP contribution < -0.4 is 0 Å². The van der Waals surface area contributed by atoms with Crippen molar-refractivity contribution in [2.75, 3.05) is 40.5 Å². The molecule has 0 aliphatic rings. The van der Waals surface area contributed by atoms with E-state index in [4.69, 9.17) is 19.3 Å². The van der Waals surface area contributed by atoms with E-state index in [0.29, 0.717) is 26.3 Å². The Morgan fingerprint density at radius 2 is 1.64 bits per heavy atom. The molecule has 1 amide bonds. The first-order valence-electron chi connectivity index (χ1n) is 6.72. The van der Waals surface area contributed by atoms with Gasteiger partial charge in [0.1, 0.15) is 0 Å². The molecule has 0 spiro atoms. The lowest BCUT2D eigenvalue weighted by Crippen LogP contribution is -2.43. The summed E-state index contributed by atoms with van der Waals surface area (Å²) < 4.78 is 14.8. The molecule has 0 aliphatic heterocycles. The Morgan fingerprint density at radius 1 is 1.14 bits per heavy atom. The van der Waals surface area contributed by atoms with Gasteiger partial charge in [-0.05, 0) is 13.8 Å². The molecule has 0 aliphatic carbocycles. The largest absolute Gasteiger partial charge is 0.478 e. The number of ether oxygens (including phenoxy) is 3. The van der Waals surface area contributed by atoms with Gasteiger partial charge in [-0.3, -0.25) is 4.79 Å². The van der Waals surface area contributed by atoms with Crippen LogP contribution in [0.4, 0.5) is 0 Å². The third kappa shape index (κ3) is 7.75. The highest BCUT2D eigenvalue weighted by molar-refractivity contribution is 5.96. The number of methoxy groups -OCH3 is 2. The van der Waals surface area contributed by atoms with Gasteiger partial charge in [-0.15, -0.1) is 0 Å². The van der Waals surface area contributed by atoms with Crippen molar-refractivity contribution < 1.29 is 33.7 Å². The molecule has 1 atom stereocenters. The SMILES string of the molecule is COCCN(CCOC)C(=O)C(C)OC(=O)C(C)=CC(=O)O. The smallest absolute Gasteiger partial charge is 0.334 e. The van der Waals surface area contributed by atoms with Crippen molar-refractivity contribution in [3.8, 4) is 0 Å². The molecule has 0 bridgehead atoms. The summed E-state index contributed by atoms with van der Waals surface area (Å²) in [4.78, 5) is 35.9. The summed E-state index contributed by atoms with van der Waals surface area (Å²) in [6, 6.07) is 0. The Kier molecular flexibility index (Phi) is 9.80. The molecule has 8 nitrogen and oxygen atoms in total. The van der Waals surface area contributed by atoms with Crippen LogP contribution in [0.5, 0.6) is 0 Å². The molecular weight excluding hydrogens is 294 g/mol. The minimum Gasteiger partial charge on any atom is -0.478 e. The van der Waals surface area contributed by atoms with Crippen LogP contribution in [0.2, 0.25) is 0 Å². The number of carboxylic acid groups (broad SMARTS) is 1. The Balaban J connectivity index is 4.70. The third-order valence-electron chi connectivity index (χ3n) is 2.74. The number of carbonyl (C=O) groups is 3. The average molecular weight is 317 g/mol. The first-order valence-corrected chi connectivity index (χ1v) is 6.72. The van der Waals surface area contributed by atoms with E-state index in [-0.39, 0.29) is 5.57 Å². The second-order valence-corrected chi connectivity index (χ2v) is 4.52. The number of carboxylic acids is 1. The average Bonchev–Trinajstić information content (AvgIpc) is 2.45. The molecule has 1 N–H and O–H groups in total. The third-order valence-corrected chi connectivity index (χ3v) is 2.74. The predicted octanol–water partition coefficient (Wildman–Crippen LogP) is 0.0704. The van der Waals surface area contributed by atoms with Crippen molar-refractivity contribution in [2.24, 2.45) is 0 Å². The molecule has 0 saturated heterocycles. The van der Waals surface area contributed by atoms with Crippen LogP contribution in [0.15, 0.2) is 11.6 Å². The van der Waals surface area contributed by atoms with Gasteiger partial charge in [-0.25, -0.2) is 9.59 Å². The van der Waals surface area contributed by atoms with Gasteiger partial charge in [-0.1, -0.05) is 0 Å². The fourth-order valence-electron chi connectivity index (χ4n) is 1.54. The normalized spacial score (nSPS) is 12.6. The Bertz CT molecular complexity index is 411. The maximum absolute atomic E-state index is 12.2. The highest BCUT2D eigenvalue weighted by Crippen LogP contribution is 2.05. The summed E-state index contributed by atoms with van der Waals surface area (Å²) in [5, 5.41) is 8.57. The molecule has 0 aromatic carbocycles. The van der Waals surface area contributed by atoms with Crippen LogP contribution in [0.25, 0.3) is 0 Å². The zero-order chi connectivity index (χ0) is 17.1. The summed E-state index contributed by atoms with van der Waals surface area (Å²) in [7, 11) is 3.03. The van der Waals surface area contributed by atoms with Gasteiger partial charge in [0.15, 0.2) is 6.10 Å². The van der Waals surface area contributed by atoms with Gasteiger partial charge < -0.3 is 24.2 Å². The van der Waals surface area contributed by atoms with Crippen LogP contribution in [0.3, 0.4) is 0 Å². The molecule has 0 fully saturated rings. The summed E-state index contributed by atoms with van der Waals surface area (Å²) >= 11 is 0. The number of carbonyl (C=O) groups excluding carboxylic acids is 2. The van der Waals surface area contributed by atoms with E-state index in [9.17, 15) is 14.4 Å². The number of hydrogen-bond donors (Lipinski definition) is 1. The number of hydrogen-bond acceptors (Lipinski definition) is 6. The zero-order valence-electron chi connectivity index (χ0n) is 13.3. The molecule has 0 heterocycles. The quantitative estimate of drug-likeness (QED) is 0.449. The van der Waals surface area contributed by atoms with E-state index < -0.39 is 23.9 Å². The number of aliphatic carboxylic acids is 1. The lowest BCUT2D eigenvalue weighted by atomic mass is 10.2. The second-order valence-electron chi connectivity index (χ2n) is 4.52. The number of nitrogens with zero attached hydrogens (tertiary/aromatic N) is 1. The molecule has 1 unspecified atom stereocenters. The van der Waals surface area contributed by atoms with Crippen LogP contribution in [0, 0.1) is 0 Å². The molecule has 0 radical (unpaired) electrons. The first-order chi connectivity index (χ1) is 10.3. The fourth-order valence-corrected chi connectivity index (χ4v) is 1.54. The van der Waals surface area contributed by atoms with Crippen LogP contribution in [-0.2, 0) is 28.6 Å². The molecule has 22 heavy (non-hydrogen) atoms. The number of esters is 1. The van der Waals surface area contributed by atoms with Gasteiger partial charge in [0.05, 0.1) is 13.2 Å². The van der Waals surface area contributed by atoms with Crippen LogP contribution in [-0.4, -0.2) is 74.5 Å². The summed E-state index contributed by atoms with van der Waals surface area (Å²) in [5.74, 6) is -2.50. The van der Waals surface area contributed by atoms with E-state index in [0.717, 1.165) is 6.08 Å². The topological polar surface area (TPSA) is 102 Å². The highest BCUT2D eigenvalue weighted by atomic mass is 16.5. The Hall–Kier alpha value is -1.93. The minimum absolute atomic E-state index is 0.0903. The van der Waals surface area contributed by atoms with Gasteiger partial charge in [-0.2, -0.15) is 0 Å². The van der Waals surface area contributed by atoms with Crippen LogP contribution in [0.1, 0.15) is 13.8 Å². The fraction of sp³-hybridized carbons (Fsp3) is 0.643. The maximum atomic E-state index is 12.2. The van der Waals surface area contributed by atoms with Crippen molar-refractivity contribution in [3.05, 3.63) is 11.6 Å². The molecular formula is C14H23NO7. The maximum Gasteiger partial charge on any atom is 0.334 e. The van der Waals surface area contributed by atoms with E-state index in [2.05, 4.69) is 0 Å². The van der Waals surface area contributed by atoms with Crippen molar-refractivity contribution >= 4 is 17.8 Å². The van der Waals surface area contributed by atoms with Crippen molar-refractivity contribution in [2.45, 2.75) is 20.0 Å². The lowest BCUT2D eigenvalue weighted by molar-refractivity contribution is -0.156. The summed E-state index contributed by atoms with van der Waals surface area (Å²) in [6.07, 6.45) is -0.300. The van der Waals surface area contributed by atoms with Gasteiger partial charge in [0.2, 0.25) is 0 Å². The highest BCUT2D eigenvalue weighted by Gasteiger charge is 2.24. The molecule has 0 aromatic heterocycles. The molecule has 8 heteroatoms. The van der Waals surface area contributed by atoms with Crippen molar-refractivity contribution in [3.63, 3.8) is 0 Å². The van der Waals surface area contributed by atoms with E-state index in [1.54, 1.807) is 0 Å². The number of amides is 1. The van der Waals surface area contributed by atoms with E-state index in [1.165, 1.54) is 33.0 Å². The molecule has 0 saturated carbocycles. The van der Waals surface area contributed by atoms with Crippen molar-refractivity contribution in [1.82, 2.24) is 4.90 Å². The van der Waals surface area contributed by atoms with E-state index >= 15 is 0 Å². The molecule has 126 valence electrons. The number of rotatable bonds is 10. The minimum atomic E-state index is -1.25. The summed E-state index contributed by atoms with van der Waals surface area (Å²) in [6.45, 7) is 4.10. The Morgan fingerprint density at radius 3 is 2.05 bits per heavy atom. The predicted molar refractivity (Wildman–Crippen MR) is 77.3 cm³/mol. The Labute approximate surface area is 129 Å². The molecule has 0 aromatic rings. The molecule has 0 rings (SSSR count). The monoisotopic (exact) mass is 317 g/mol. The van der Waals surface area contributed by atoms with Gasteiger partial charge in [0, 0.05) is 39.0 Å². The summed E-state index contributed by atoms with van der Waals surface area (Å²) in [5.41, 5.74) is -0.0903. The zero-order valence-corrected chi connectivity index (χ0v) is 13.3. The lowest BCUT2D eigenvalue weighted by Gasteiger charge is -2.25. The van der Waals surface area contributed by atoms with Crippen molar-refractivity contribution in [1.29, 1.82) is 0 Å².